The summed E-state index contributed by atoms with van der Waals surface area (Å²) in [6, 6.07) is 12.1. The fraction of sp³-hybridized carbons (Fsp3) is 0.462. The number of benzene rings is 2. The summed E-state index contributed by atoms with van der Waals surface area (Å²) in [5, 5.41) is 3.29. The van der Waals surface area contributed by atoms with E-state index in [1.807, 2.05) is 17.0 Å². The number of hydrogen-bond acceptors (Lipinski definition) is 5. The molecule has 2 N–H and O–H groups in total. The molecule has 4 rings (SSSR count). The number of anilines is 1. The van der Waals surface area contributed by atoms with Gasteiger partial charge in [-0.3, -0.25) is 14.5 Å². The predicted octanol–water partition coefficient (Wildman–Crippen LogP) is 4.69. The Morgan fingerprint density at radius 2 is 1.79 bits per heavy atom. The van der Waals surface area contributed by atoms with E-state index in [0.717, 1.165) is 57.3 Å². The maximum Gasteiger partial charge on any atom is 0.264 e. The van der Waals surface area contributed by atoms with Gasteiger partial charge in [0.15, 0.2) is 0 Å². The first-order valence-corrected chi connectivity index (χ1v) is 13.7. The van der Waals surface area contributed by atoms with Crippen molar-refractivity contribution >= 4 is 33.5 Å². The largest absolute Gasteiger partial charge is 0.337 e. The Bertz CT molecular complexity index is 1120. The number of carbonyl (C=O) groups excluding carboxylic acids is 1. The van der Waals surface area contributed by atoms with E-state index in [-0.39, 0.29) is 10.8 Å². The number of aliphatic imine (C=N–C) groups is 1. The molecule has 2 aromatic carbocycles. The second-order valence-electron chi connectivity index (χ2n) is 8.99. The van der Waals surface area contributed by atoms with Crippen LogP contribution in [0.5, 0.6) is 0 Å². The maximum atomic E-state index is 13.4. The van der Waals surface area contributed by atoms with Crippen molar-refractivity contribution in [3.8, 4) is 0 Å². The molecule has 2 aromatic rings. The van der Waals surface area contributed by atoms with Gasteiger partial charge in [0.2, 0.25) is 0 Å². The zero-order valence-electron chi connectivity index (χ0n) is 19.8. The molecular weight excluding hydrogens is 448 g/mol. The van der Waals surface area contributed by atoms with Gasteiger partial charge in [-0.05, 0) is 74.5 Å². The van der Waals surface area contributed by atoms with Crippen molar-refractivity contribution in [3.63, 3.8) is 0 Å². The molecule has 1 saturated heterocycles. The van der Waals surface area contributed by atoms with Crippen LogP contribution in [0, 0.1) is 0 Å². The highest BCUT2D eigenvalue weighted by molar-refractivity contribution is 7.92. The van der Waals surface area contributed by atoms with Crippen molar-refractivity contribution in [2.45, 2.75) is 56.3 Å². The average molecular weight is 483 g/mol. The lowest BCUT2D eigenvalue weighted by Gasteiger charge is -2.24. The third-order valence-corrected chi connectivity index (χ3v) is 8.05. The number of rotatable bonds is 6. The zero-order valence-corrected chi connectivity index (χ0v) is 20.6. The second kappa shape index (κ2) is 11.1. The van der Waals surface area contributed by atoms with Crippen LogP contribution in [-0.4, -0.2) is 51.6 Å². The molecule has 0 atom stereocenters. The first-order chi connectivity index (χ1) is 16.5. The minimum Gasteiger partial charge on any atom is -0.337 e. The van der Waals surface area contributed by atoms with Crippen LogP contribution in [0.2, 0.25) is 0 Å². The SMILES string of the molecule is C/C=N\c1c(C2CCCCC2)cccc1S(=O)(=O)Nc1ccc(C(=O)N2CCCNCC2)cc1. The number of para-hydroxylation sites is 1. The Hall–Kier alpha value is -2.71. The molecule has 1 amide bonds. The monoisotopic (exact) mass is 482 g/mol. The van der Waals surface area contributed by atoms with E-state index in [0.29, 0.717) is 29.4 Å². The topological polar surface area (TPSA) is 90.9 Å². The number of nitrogens with zero attached hydrogens (tertiary/aromatic N) is 2. The first kappa shape index (κ1) is 24.4. The van der Waals surface area contributed by atoms with Gasteiger partial charge in [-0.1, -0.05) is 31.4 Å². The standard InChI is InChI=1S/C26H34N4O3S/c1-2-28-25-23(20-8-4-3-5-9-20)10-6-11-24(25)34(32,33)29-22-14-12-21(13-15-22)26(31)30-18-7-16-27-17-19-30/h2,6,10-15,20,27,29H,3-5,7-9,16-19H2,1H3/b28-2-. The predicted molar refractivity (Wildman–Crippen MR) is 137 cm³/mol. The molecular formula is C26H34N4O3S. The third kappa shape index (κ3) is 5.67. The highest BCUT2D eigenvalue weighted by atomic mass is 32.2. The molecule has 0 unspecified atom stereocenters. The number of nitrogens with one attached hydrogen (secondary N) is 2. The van der Waals surface area contributed by atoms with Crippen LogP contribution < -0.4 is 10.0 Å². The lowest BCUT2D eigenvalue weighted by molar-refractivity contribution is 0.0766. The van der Waals surface area contributed by atoms with Gasteiger partial charge in [-0.25, -0.2) is 8.42 Å². The lowest BCUT2D eigenvalue weighted by Crippen LogP contribution is -2.34. The summed E-state index contributed by atoms with van der Waals surface area (Å²) >= 11 is 0. The fourth-order valence-electron chi connectivity index (χ4n) is 4.89. The molecule has 2 fully saturated rings. The molecule has 7 nitrogen and oxygen atoms in total. The van der Waals surface area contributed by atoms with Gasteiger partial charge >= 0.3 is 0 Å². The Balaban J connectivity index is 1.55. The summed E-state index contributed by atoms with van der Waals surface area (Å²) in [5.41, 5.74) is 2.52. The van der Waals surface area contributed by atoms with E-state index in [2.05, 4.69) is 15.0 Å². The number of sulfonamides is 1. The summed E-state index contributed by atoms with van der Waals surface area (Å²) in [6.45, 7) is 4.89. The van der Waals surface area contributed by atoms with E-state index in [4.69, 9.17) is 0 Å². The van der Waals surface area contributed by atoms with Crippen LogP contribution in [0.3, 0.4) is 0 Å². The molecule has 0 aromatic heterocycles. The highest BCUT2D eigenvalue weighted by Crippen LogP contribution is 2.40. The van der Waals surface area contributed by atoms with E-state index in [9.17, 15) is 13.2 Å². The van der Waals surface area contributed by atoms with Crippen molar-refractivity contribution in [3.05, 3.63) is 53.6 Å². The fourth-order valence-corrected chi connectivity index (χ4v) is 6.13. The minimum atomic E-state index is -3.85. The van der Waals surface area contributed by atoms with Crippen molar-refractivity contribution in [2.75, 3.05) is 30.9 Å². The number of hydrogen-bond donors (Lipinski definition) is 2. The van der Waals surface area contributed by atoms with Gasteiger partial charge < -0.3 is 10.2 Å². The lowest BCUT2D eigenvalue weighted by atomic mass is 9.83. The summed E-state index contributed by atoms with van der Waals surface area (Å²) in [7, 11) is -3.85. The Labute approximate surface area is 202 Å². The smallest absolute Gasteiger partial charge is 0.264 e. The molecule has 0 spiro atoms. The molecule has 1 aliphatic heterocycles. The Morgan fingerprint density at radius 1 is 1.03 bits per heavy atom. The molecule has 34 heavy (non-hydrogen) atoms. The van der Waals surface area contributed by atoms with Crippen molar-refractivity contribution in [1.82, 2.24) is 10.2 Å². The van der Waals surface area contributed by atoms with Crippen LogP contribution in [0.1, 0.15) is 67.3 Å². The molecule has 2 aliphatic rings. The van der Waals surface area contributed by atoms with Crippen LogP contribution in [-0.2, 0) is 10.0 Å². The Morgan fingerprint density at radius 3 is 2.53 bits per heavy atom. The number of amides is 1. The van der Waals surface area contributed by atoms with Crippen LogP contribution in [0.4, 0.5) is 11.4 Å². The summed E-state index contributed by atoms with van der Waals surface area (Å²) in [4.78, 5) is 19.3. The van der Waals surface area contributed by atoms with Gasteiger partial charge in [-0.15, -0.1) is 0 Å². The van der Waals surface area contributed by atoms with Gasteiger partial charge in [0.05, 0.1) is 5.69 Å². The quantitative estimate of drug-likeness (QED) is 0.584. The third-order valence-electron chi connectivity index (χ3n) is 6.63. The minimum absolute atomic E-state index is 0.0298. The van der Waals surface area contributed by atoms with Crippen LogP contribution in [0.25, 0.3) is 0 Å². The van der Waals surface area contributed by atoms with Crippen LogP contribution >= 0.6 is 0 Å². The van der Waals surface area contributed by atoms with Gasteiger partial charge in [0.1, 0.15) is 4.90 Å². The molecule has 0 bridgehead atoms. The first-order valence-electron chi connectivity index (χ1n) is 12.2. The van der Waals surface area contributed by atoms with E-state index < -0.39 is 10.0 Å². The highest BCUT2D eigenvalue weighted by Gasteiger charge is 2.25. The summed E-state index contributed by atoms with van der Waals surface area (Å²) < 4.78 is 29.4. The Kier molecular flexibility index (Phi) is 8.00. The molecule has 8 heteroatoms. The zero-order chi connectivity index (χ0) is 24.0. The molecule has 182 valence electrons. The van der Waals surface area contributed by atoms with Gasteiger partial charge in [-0.2, -0.15) is 0 Å². The number of carbonyl (C=O) groups is 1. The summed E-state index contributed by atoms with van der Waals surface area (Å²) in [5.74, 6) is 0.306. The molecule has 1 aliphatic carbocycles. The van der Waals surface area contributed by atoms with E-state index >= 15 is 0 Å². The summed E-state index contributed by atoms with van der Waals surface area (Å²) in [6.07, 6.45) is 8.25. The van der Waals surface area contributed by atoms with E-state index in [1.165, 1.54) is 6.42 Å². The van der Waals surface area contributed by atoms with Crippen LogP contribution in [0.15, 0.2) is 52.4 Å². The van der Waals surface area contributed by atoms with Crippen molar-refractivity contribution in [1.29, 1.82) is 0 Å². The van der Waals surface area contributed by atoms with Crippen molar-refractivity contribution < 1.29 is 13.2 Å². The second-order valence-corrected chi connectivity index (χ2v) is 10.6. The van der Waals surface area contributed by atoms with Gasteiger partial charge in [0, 0.05) is 37.1 Å². The average Bonchev–Trinajstić information content (AvgIpc) is 3.14. The van der Waals surface area contributed by atoms with Crippen molar-refractivity contribution in [2.24, 2.45) is 4.99 Å². The molecule has 1 heterocycles. The maximum absolute atomic E-state index is 13.4. The van der Waals surface area contributed by atoms with E-state index in [1.54, 1.807) is 43.5 Å². The normalized spacial score (nSPS) is 18.1. The molecule has 0 radical (unpaired) electrons. The van der Waals surface area contributed by atoms with Gasteiger partial charge in [0.25, 0.3) is 15.9 Å². The molecule has 1 saturated carbocycles.